The van der Waals surface area contributed by atoms with Gasteiger partial charge in [-0.15, -0.1) is 10.2 Å². The number of hydrogen-bond donors (Lipinski definition) is 1. The second-order valence-electron chi connectivity index (χ2n) is 4.05. The molecule has 0 spiro atoms. The van der Waals surface area contributed by atoms with Crippen LogP contribution in [0.5, 0.6) is 0 Å². The average Bonchev–Trinajstić information content (AvgIpc) is 2.75. The molecule has 1 aromatic rings. The first-order chi connectivity index (χ1) is 8.16. The van der Waals surface area contributed by atoms with Crippen LogP contribution in [0.3, 0.4) is 0 Å². The maximum atomic E-state index is 12.1. The molecule has 0 aliphatic carbocycles. The molecular formula is C10H16N4OS2. The normalized spacial score (nSPS) is 18.1. The van der Waals surface area contributed by atoms with Crippen LogP contribution >= 0.6 is 23.1 Å². The molecule has 17 heavy (non-hydrogen) atoms. The number of anilines is 1. The van der Waals surface area contributed by atoms with Gasteiger partial charge in [-0.25, -0.2) is 0 Å². The van der Waals surface area contributed by atoms with E-state index in [2.05, 4.69) is 10.2 Å². The van der Waals surface area contributed by atoms with E-state index in [4.69, 9.17) is 5.73 Å². The largest absolute Gasteiger partial charge is 0.374 e. The number of thioether (sulfide) groups is 1. The summed E-state index contributed by atoms with van der Waals surface area (Å²) in [5.74, 6) is 0.198. The van der Waals surface area contributed by atoms with Crippen LogP contribution in [0, 0.1) is 0 Å². The Hall–Kier alpha value is -0.820. The highest BCUT2D eigenvalue weighted by atomic mass is 32.2. The number of amides is 1. The molecule has 1 saturated heterocycles. The number of nitrogen functional groups attached to an aromatic ring is 1. The molecule has 2 heterocycles. The van der Waals surface area contributed by atoms with Gasteiger partial charge in [-0.1, -0.05) is 23.1 Å². The first-order valence-electron chi connectivity index (χ1n) is 5.71. The molecule has 1 atom stereocenters. The van der Waals surface area contributed by atoms with Crippen molar-refractivity contribution in [3.05, 3.63) is 0 Å². The van der Waals surface area contributed by atoms with Crippen LogP contribution in [0.4, 0.5) is 5.13 Å². The van der Waals surface area contributed by atoms with Gasteiger partial charge in [-0.2, -0.15) is 0 Å². The number of carbonyl (C=O) groups excluding carboxylic acids is 1. The third-order valence-corrected chi connectivity index (χ3v) is 4.64. The van der Waals surface area contributed by atoms with Gasteiger partial charge in [0.2, 0.25) is 11.0 Å². The Morgan fingerprint density at radius 3 is 2.71 bits per heavy atom. The quantitative estimate of drug-likeness (QED) is 0.846. The Bertz CT molecular complexity index is 389. The van der Waals surface area contributed by atoms with E-state index in [1.54, 1.807) is 0 Å². The van der Waals surface area contributed by atoms with Crippen molar-refractivity contribution in [2.24, 2.45) is 0 Å². The molecule has 94 valence electrons. The summed E-state index contributed by atoms with van der Waals surface area (Å²) in [7, 11) is 0. The summed E-state index contributed by atoms with van der Waals surface area (Å²) in [5, 5.41) is 8.00. The van der Waals surface area contributed by atoms with Crippen molar-refractivity contribution in [3.8, 4) is 0 Å². The minimum absolute atomic E-state index is 0.111. The summed E-state index contributed by atoms with van der Waals surface area (Å²) in [6, 6.07) is 0. The molecule has 5 nitrogen and oxygen atoms in total. The molecule has 0 saturated carbocycles. The molecule has 2 rings (SSSR count). The predicted octanol–water partition coefficient (Wildman–Crippen LogP) is 1.61. The number of hydrogen-bond acceptors (Lipinski definition) is 6. The third kappa shape index (κ3) is 3.32. The monoisotopic (exact) mass is 272 g/mol. The van der Waals surface area contributed by atoms with Gasteiger partial charge in [0.05, 0.1) is 5.25 Å². The van der Waals surface area contributed by atoms with Gasteiger partial charge in [-0.3, -0.25) is 4.79 Å². The van der Waals surface area contributed by atoms with Crippen molar-refractivity contribution in [1.82, 2.24) is 15.1 Å². The SMILES string of the molecule is C[C@H](Sc1nnc(N)s1)C(=O)N1CCCCC1. The first kappa shape index (κ1) is 12.6. The summed E-state index contributed by atoms with van der Waals surface area (Å²) >= 11 is 2.77. The van der Waals surface area contributed by atoms with Crippen LogP contribution in [0.1, 0.15) is 26.2 Å². The summed E-state index contributed by atoms with van der Waals surface area (Å²) in [6.07, 6.45) is 3.47. The highest BCUT2D eigenvalue weighted by molar-refractivity contribution is 8.02. The molecule has 0 radical (unpaired) electrons. The standard InChI is InChI=1S/C10H16N4OS2/c1-7(16-10-13-12-9(11)17-10)8(15)14-5-3-2-4-6-14/h7H,2-6H2,1H3,(H2,11,12)/t7-/m0/s1. The smallest absolute Gasteiger partial charge is 0.235 e. The van der Waals surface area contributed by atoms with Crippen molar-refractivity contribution in [1.29, 1.82) is 0 Å². The summed E-state index contributed by atoms with van der Waals surface area (Å²) in [4.78, 5) is 14.1. The maximum absolute atomic E-state index is 12.1. The van der Waals surface area contributed by atoms with Gasteiger partial charge in [0.15, 0.2) is 4.34 Å². The van der Waals surface area contributed by atoms with Crippen molar-refractivity contribution >= 4 is 34.1 Å². The lowest BCUT2D eigenvalue weighted by molar-refractivity contribution is -0.131. The topological polar surface area (TPSA) is 72.1 Å². The fourth-order valence-electron chi connectivity index (χ4n) is 1.84. The predicted molar refractivity (Wildman–Crippen MR) is 70.1 cm³/mol. The number of nitrogens with zero attached hydrogens (tertiary/aromatic N) is 3. The number of likely N-dealkylation sites (tertiary alicyclic amines) is 1. The molecule has 1 aliphatic heterocycles. The molecule has 2 N–H and O–H groups in total. The lowest BCUT2D eigenvalue weighted by atomic mass is 10.1. The van der Waals surface area contributed by atoms with E-state index in [1.165, 1.54) is 29.5 Å². The Morgan fingerprint density at radius 2 is 2.12 bits per heavy atom. The van der Waals surface area contributed by atoms with E-state index in [-0.39, 0.29) is 11.2 Å². The maximum Gasteiger partial charge on any atom is 0.235 e. The number of piperidine rings is 1. The van der Waals surface area contributed by atoms with Crippen LogP contribution < -0.4 is 5.73 Å². The van der Waals surface area contributed by atoms with Gasteiger partial charge in [0.25, 0.3) is 0 Å². The summed E-state index contributed by atoms with van der Waals surface area (Å²) < 4.78 is 0.764. The molecule has 1 fully saturated rings. The van der Waals surface area contributed by atoms with E-state index >= 15 is 0 Å². The van der Waals surface area contributed by atoms with E-state index in [0.717, 1.165) is 30.3 Å². The van der Waals surface area contributed by atoms with Crippen molar-refractivity contribution < 1.29 is 4.79 Å². The highest BCUT2D eigenvalue weighted by Gasteiger charge is 2.23. The molecule has 1 amide bonds. The molecular weight excluding hydrogens is 256 g/mol. The molecule has 1 aliphatic rings. The number of nitrogens with two attached hydrogens (primary N) is 1. The van der Waals surface area contributed by atoms with Gasteiger partial charge >= 0.3 is 0 Å². The number of carbonyl (C=O) groups is 1. The number of rotatable bonds is 3. The zero-order chi connectivity index (χ0) is 12.3. The minimum Gasteiger partial charge on any atom is -0.374 e. The zero-order valence-corrected chi connectivity index (χ0v) is 11.4. The second kappa shape index (κ2) is 5.68. The lowest BCUT2D eigenvalue weighted by Crippen LogP contribution is -2.40. The first-order valence-corrected chi connectivity index (χ1v) is 7.41. The van der Waals surface area contributed by atoms with E-state index in [1.807, 2.05) is 11.8 Å². The van der Waals surface area contributed by atoms with Crippen molar-refractivity contribution in [3.63, 3.8) is 0 Å². The Labute approximate surface area is 109 Å². The molecule has 1 aromatic heterocycles. The summed E-state index contributed by atoms with van der Waals surface area (Å²) in [6.45, 7) is 3.70. The van der Waals surface area contributed by atoms with Crippen LogP contribution in [0.2, 0.25) is 0 Å². The van der Waals surface area contributed by atoms with Crippen LogP contribution in [0.25, 0.3) is 0 Å². The van der Waals surface area contributed by atoms with Gasteiger partial charge < -0.3 is 10.6 Å². The molecule has 7 heteroatoms. The third-order valence-electron chi connectivity index (χ3n) is 2.72. The lowest BCUT2D eigenvalue weighted by Gasteiger charge is -2.28. The van der Waals surface area contributed by atoms with E-state index < -0.39 is 0 Å². The number of aromatic nitrogens is 2. The Kier molecular flexibility index (Phi) is 4.22. The zero-order valence-electron chi connectivity index (χ0n) is 9.76. The van der Waals surface area contributed by atoms with Crippen molar-refractivity contribution in [2.45, 2.75) is 35.8 Å². The van der Waals surface area contributed by atoms with Gasteiger partial charge in [0.1, 0.15) is 0 Å². The van der Waals surface area contributed by atoms with Gasteiger partial charge in [-0.05, 0) is 26.2 Å². The van der Waals surface area contributed by atoms with E-state index in [9.17, 15) is 4.79 Å². The van der Waals surface area contributed by atoms with Crippen LogP contribution in [-0.2, 0) is 4.79 Å². The van der Waals surface area contributed by atoms with E-state index in [0.29, 0.717) is 5.13 Å². The molecule has 0 unspecified atom stereocenters. The summed E-state index contributed by atoms with van der Waals surface area (Å²) in [5.41, 5.74) is 5.51. The highest BCUT2D eigenvalue weighted by Crippen LogP contribution is 2.28. The second-order valence-corrected chi connectivity index (χ2v) is 6.65. The Morgan fingerprint density at radius 1 is 1.41 bits per heavy atom. The van der Waals surface area contributed by atoms with Gasteiger partial charge in [0, 0.05) is 13.1 Å². The minimum atomic E-state index is -0.111. The van der Waals surface area contributed by atoms with Crippen LogP contribution in [-0.4, -0.2) is 39.3 Å². The molecule has 0 bridgehead atoms. The fraction of sp³-hybridized carbons (Fsp3) is 0.700. The van der Waals surface area contributed by atoms with Crippen LogP contribution in [0.15, 0.2) is 4.34 Å². The van der Waals surface area contributed by atoms with Crippen molar-refractivity contribution in [2.75, 3.05) is 18.8 Å². The average molecular weight is 272 g/mol. The Balaban J connectivity index is 1.90. The fourth-order valence-corrected chi connectivity index (χ4v) is 3.71. The molecule has 0 aromatic carbocycles.